The monoisotopic (exact) mass is 241 g/mol. The smallest absolute Gasteiger partial charge is 0.251 e. The van der Waals surface area contributed by atoms with Gasteiger partial charge in [-0.3, -0.25) is 9.59 Å². The molecule has 0 fully saturated rings. The van der Waals surface area contributed by atoms with E-state index in [-0.39, 0.29) is 24.6 Å². The molecule has 86 valence electrons. The summed E-state index contributed by atoms with van der Waals surface area (Å²) < 4.78 is 1.22. The van der Waals surface area contributed by atoms with E-state index < -0.39 is 0 Å². The molecule has 0 aliphatic carbocycles. The highest BCUT2D eigenvalue weighted by Crippen LogP contribution is 1.96. The summed E-state index contributed by atoms with van der Waals surface area (Å²) >= 11 is 5.48. The number of nitrogen functional groups attached to an aromatic ring is 1. The zero-order valence-corrected chi connectivity index (χ0v) is 9.33. The number of aromatic nitrogens is 1. The maximum Gasteiger partial charge on any atom is 0.251 e. The molecule has 5 nitrogen and oxygen atoms in total. The summed E-state index contributed by atoms with van der Waals surface area (Å²) in [6.07, 6.45) is 1.41. The van der Waals surface area contributed by atoms with Crippen molar-refractivity contribution in [2.75, 3.05) is 12.3 Å². The van der Waals surface area contributed by atoms with Crippen LogP contribution in [0.4, 0.5) is 5.69 Å². The second kappa shape index (κ2) is 5.37. The van der Waals surface area contributed by atoms with E-state index in [0.717, 1.165) is 0 Å². The minimum atomic E-state index is -0.325. The van der Waals surface area contributed by atoms with Gasteiger partial charge >= 0.3 is 0 Å². The number of anilines is 1. The van der Waals surface area contributed by atoms with Crippen LogP contribution in [0, 0.1) is 0 Å². The number of halogens is 1. The molecule has 16 heavy (non-hydrogen) atoms. The van der Waals surface area contributed by atoms with Gasteiger partial charge in [0.1, 0.15) is 6.54 Å². The minimum absolute atomic E-state index is 0.0892. The third-order valence-electron chi connectivity index (χ3n) is 1.80. The van der Waals surface area contributed by atoms with Crippen LogP contribution in [0.5, 0.6) is 0 Å². The molecular weight excluding hydrogens is 230 g/mol. The minimum Gasteiger partial charge on any atom is -0.398 e. The first kappa shape index (κ1) is 12.3. The lowest BCUT2D eigenvalue weighted by Gasteiger charge is -2.06. The third-order valence-corrected chi connectivity index (χ3v) is 1.93. The van der Waals surface area contributed by atoms with Gasteiger partial charge < -0.3 is 15.6 Å². The summed E-state index contributed by atoms with van der Waals surface area (Å²) in [7, 11) is 0. The van der Waals surface area contributed by atoms with Crippen molar-refractivity contribution in [3.05, 3.63) is 40.3 Å². The van der Waals surface area contributed by atoms with Crippen molar-refractivity contribution in [2.45, 2.75) is 6.54 Å². The average Bonchev–Trinajstić information content (AvgIpc) is 2.20. The maximum absolute atomic E-state index is 11.4. The Kier molecular flexibility index (Phi) is 4.13. The first-order valence-electron chi connectivity index (χ1n) is 4.55. The number of hydrogen-bond acceptors (Lipinski definition) is 3. The molecule has 1 aromatic rings. The number of nitrogens with zero attached hydrogens (tertiary/aromatic N) is 1. The van der Waals surface area contributed by atoms with Crippen LogP contribution in [0.3, 0.4) is 0 Å². The fourth-order valence-electron chi connectivity index (χ4n) is 1.08. The van der Waals surface area contributed by atoms with Crippen molar-refractivity contribution in [1.29, 1.82) is 0 Å². The second-order valence-corrected chi connectivity index (χ2v) is 3.76. The van der Waals surface area contributed by atoms with Gasteiger partial charge in [-0.1, -0.05) is 18.2 Å². The van der Waals surface area contributed by atoms with Crippen LogP contribution < -0.4 is 16.6 Å². The molecule has 0 aliphatic heterocycles. The van der Waals surface area contributed by atoms with Gasteiger partial charge in [-0.25, -0.2) is 0 Å². The molecule has 1 rings (SSSR count). The molecular formula is C10H12ClN3O2. The van der Waals surface area contributed by atoms with Crippen LogP contribution in [0.2, 0.25) is 0 Å². The first-order chi connectivity index (χ1) is 7.49. The van der Waals surface area contributed by atoms with E-state index in [0.29, 0.717) is 10.7 Å². The molecule has 1 heterocycles. The lowest BCUT2D eigenvalue weighted by Crippen LogP contribution is -2.32. The number of hydrogen-bond donors (Lipinski definition) is 2. The molecule has 0 bridgehead atoms. The zero-order chi connectivity index (χ0) is 12.1. The van der Waals surface area contributed by atoms with E-state index in [1.165, 1.54) is 22.9 Å². The first-order valence-corrected chi connectivity index (χ1v) is 4.93. The van der Waals surface area contributed by atoms with E-state index in [9.17, 15) is 9.59 Å². The van der Waals surface area contributed by atoms with E-state index >= 15 is 0 Å². The third kappa shape index (κ3) is 3.78. The Labute approximate surface area is 97.5 Å². The van der Waals surface area contributed by atoms with Crippen molar-refractivity contribution in [1.82, 2.24) is 9.88 Å². The van der Waals surface area contributed by atoms with Gasteiger partial charge in [0.05, 0.1) is 6.54 Å². The molecule has 1 amide bonds. The molecule has 0 aromatic carbocycles. The Morgan fingerprint density at radius 1 is 1.56 bits per heavy atom. The van der Waals surface area contributed by atoms with Gasteiger partial charge in [-0.05, 0) is 6.07 Å². The molecule has 3 N–H and O–H groups in total. The Morgan fingerprint density at radius 2 is 2.25 bits per heavy atom. The molecule has 1 aromatic heterocycles. The standard InChI is InChI=1S/C10H12ClN3O2/c1-7(11)4-13-9(15)6-14-5-8(12)2-3-10(14)16/h2-3,5H,1,4,6,12H2,(H,13,15). The summed E-state index contributed by atoms with van der Waals surface area (Å²) in [5.74, 6) is -0.325. The van der Waals surface area contributed by atoms with E-state index in [1.807, 2.05) is 0 Å². The Morgan fingerprint density at radius 3 is 2.88 bits per heavy atom. The van der Waals surface area contributed by atoms with Crippen LogP contribution in [0.1, 0.15) is 0 Å². The number of amides is 1. The molecule has 0 atom stereocenters. The van der Waals surface area contributed by atoms with E-state index in [4.69, 9.17) is 17.3 Å². The Bertz CT molecular complexity index is 467. The lowest BCUT2D eigenvalue weighted by atomic mass is 10.4. The highest BCUT2D eigenvalue weighted by molar-refractivity contribution is 6.29. The van der Waals surface area contributed by atoms with Crippen LogP contribution >= 0.6 is 11.6 Å². The number of nitrogens with one attached hydrogen (secondary N) is 1. The van der Waals surface area contributed by atoms with Crippen molar-refractivity contribution < 1.29 is 4.79 Å². The van der Waals surface area contributed by atoms with Crippen molar-refractivity contribution in [3.63, 3.8) is 0 Å². The Hall–Kier alpha value is -1.75. The van der Waals surface area contributed by atoms with E-state index in [2.05, 4.69) is 11.9 Å². The summed E-state index contributed by atoms with van der Waals surface area (Å²) in [6.45, 7) is 3.52. The van der Waals surface area contributed by atoms with Gasteiger partial charge in [0, 0.05) is 23.0 Å². The van der Waals surface area contributed by atoms with E-state index in [1.54, 1.807) is 0 Å². The van der Waals surface area contributed by atoms with Gasteiger partial charge in [0.25, 0.3) is 5.56 Å². The number of pyridine rings is 1. The van der Waals surface area contributed by atoms with Crippen LogP contribution in [0.25, 0.3) is 0 Å². The topological polar surface area (TPSA) is 77.1 Å². The fourth-order valence-corrected chi connectivity index (χ4v) is 1.15. The van der Waals surface area contributed by atoms with Gasteiger partial charge in [0.2, 0.25) is 5.91 Å². The summed E-state index contributed by atoms with van der Waals surface area (Å²) in [4.78, 5) is 22.7. The molecule has 0 radical (unpaired) electrons. The summed E-state index contributed by atoms with van der Waals surface area (Å²) in [6, 6.07) is 2.79. The molecule has 0 unspecified atom stereocenters. The summed E-state index contributed by atoms with van der Waals surface area (Å²) in [5, 5.41) is 2.83. The Balaban J connectivity index is 2.66. The molecule has 0 spiro atoms. The lowest BCUT2D eigenvalue weighted by molar-refractivity contribution is -0.121. The number of rotatable bonds is 4. The van der Waals surface area contributed by atoms with Crippen molar-refractivity contribution in [2.24, 2.45) is 0 Å². The van der Waals surface area contributed by atoms with Crippen molar-refractivity contribution in [3.8, 4) is 0 Å². The quantitative estimate of drug-likeness (QED) is 0.796. The van der Waals surface area contributed by atoms with Gasteiger partial charge in [0.15, 0.2) is 0 Å². The fraction of sp³-hybridized carbons (Fsp3) is 0.200. The van der Waals surface area contributed by atoms with Crippen LogP contribution in [0.15, 0.2) is 34.7 Å². The average molecular weight is 242 g/mol. The van der Waals surface area contributed by atoms with Crippen LogP contribution in [-0.4, -0.2) is 17.0 Å². The molecule has 0 saturated heterocycles. The second-order valence-electron chi connectivity index (χ2n) is 3.22. The number of carbonyl (C=O) groups excluding carboxylic acids is 1. The summed E-state index contributed by atoms with van der Waals surface area (Å²) in [5.41, 5.74) is 5.64. The van der Waals surface area contributed by atoms with Crippen molar-refractivity contribution >= 4 is 23.2 Å². The predicted molar refractivity (Wildman–Crippen MR) is 63.1 cm³/mol. The number of nitrogens with two attached hydrogens (primary N) is 1. The maximum atomic E-state index is 11.4. The normalized spacial score (nSPS) is 9.81. The highest BCUT2D eigenvalue weighted by Gasteiger charge is 2.04. The van der Waals surface area contributed by atoms with Crippen LogP contribution in [-0.2, 0) is 11.3 Å². The molecule has 0 saturated carbocycles. The SMILES string of the molecule is C=C(Cl)CNC(=O)Cn1cc(N)ccc1=O. The highest BCUT2D eigenvalue weighted by atomic mass is 35.5. The number of carbonyl (C=O) groups is 1. The largest absolute Gasteiger partial charge is 0.398 e. The molecule has 0 aliphatic rings. The van der Waals surface area contributed by atoms with Gasteiger partial charge in [-0.15, -0.1) is 0 Å². The predicted octanol–water partition coefficient (Wildman–Crippen LogP) is 0.299. The molecule has 6 heteroatoms. The van der Waals surface area contributed by atoms with Gasteiger partial charge in [-0.2, -0.15) is 0 Å². The zero-order valence-electron chi connectivity index (χ0n) is 8.57.